The molecule has 11 heavy (non-hydrogen) atoms. The van der Waals surface area contributed by atoms with Crippen molar-refractivity contribution in [1.82, 2.24) is 20.2 Å². The summed E-state index contributed by atoms with van der Waals surface area (Å²) in [7, 11) is 0. The molecule has 1 aromatic rings. The number of tetrazole rings is 1. The van der Waals surface area contributed by atoms with E-state index in [0.717, 1.165) is 5.70 Å². The SMILES string of the molecule is C/C=C(\C)n1cnnn1.CC. The number of allylic oxidation sites excluding steroid dienone is 2. The molecule has 0 spiro atoms. The summed E-state index contributed by atoms with van der Waals surface area (Å²) in [5.74, 6) is 0. The largest absolute Gasteiger partial charge is 0.205 e. The molecule has 1 rings (SSSR count). The molecule has 0 bridgehead atoms. The van der Waals surface area contributed by atoms with E-state index in [1.165, 1.54) is 0 Å². The van der Waals surface area contributed by atoms with Crippen LogP contribution in [-0.2, 0) is 0 Å². The van der Waals surface area contributed by atoms with Crippen molar-refractivity contribution in [2.75, 3.05) is 0 Å². The summed E-state index contributed by atoms with van der Waals surface area (Å²) in [5.41, 5.74) is 1.03. The number of aromatic nitrogens is 4. The van der Waals surface area contributed by atoms with Crippen LogP contribution in [0.15, 0.2) is 12.4 Å². The molecule has 0 N–H and O–H groups in total. The van der Waals surface area contributed by atoms with Gasteiger partial charge in [0.15, 0.2) is 0 Å². The smallest absolute Gasteiger partial charge is 0.143 e. The maximum Gasteiger partial charge on any atom is 0.143 e. The summed E-state index contributed by atoms with van der Waals surface area (Å²) in [6, 6.07) is 0. The lowest BCUT2D eigenvalue weighted by molar-refractivity contribution is 0.797. The Morgan fingerprint density at radius 1 is 1.45 bits per heavy atom. The normalized spacial score (nSPS) is 10.4. The van der Waals surface area contributed by atoms with E-state index in [4.69, 9.17) is 0 Å². The van der Waals surface area contributed by atoms with Crippen molar-refractivity contribution in [3.63, 3.8) is 0 Å². The van der Waals surface area contributed by atoms with Crippen LogP contribution < -0.4 is 0 Å². The van der Waals surface area contributed by atoms with Crippen molar-refractivity contribution in [3.8, 4) is 0 Å². The van der Waals surface area contributed by atoms with Crippen molar-refractivity contribution in [2.45, 2.75) is 27.7 Å². The topological polar surface area (TPSA) is 43.6 Å². The molecule has 0 aliphatic heterocycles. The maximum absolute atomic E-state index is 3.67. The van der Waals surface area contributed by atoms with E-state index in [2.05, 4.69) is 15.5 Å². The summed E-state index contributed by atoms with van der Waals surface area (Å²) in [6.45, 7) is 7.88. The third kappa shape index (κ3) is 2.93. The minimum atomic E-state index is 1.03. The average molecular weight is 154 g/mol. The van der Waals surface area contributed by atoms with Crippen molar-refractivity contribution in [1.29, 1.82) is 0 Å². The fourth-order valence-corrected chi connectivity index (χ4v) is 0.455. The molecule has 0 atom stereocenters. The molecule has 0 saturated heterocycles. The van der Waals surface area contributed by atoms with Crippen LogP contribution in [0.4, 0.5) is 0 Å². The van der Waals surface area contributed by atoms with Crippen LogP contribution in [0, 0.1) is 0 Å². The number of rotatable bonds is 1. The molecule has 4 heteroatoms. The van der Waals surface area contributed by atoms with E-state index in [1.807, 2.05) is 33.8 Å². The predicted molar refractivity (Wildman–Crippen MR) is 44.8 cm³/mol. The van der Waals surface area contributed by atoms with Crippen LogP contribution in [0.25, 0.3) is 5.70 Å². The van der Waals surface area contributed by atoms with Crippen LogP contribution in [0.1, 0.15) is 27.7 Å². The summed E-state index contributed by atoms with van der Waals surface area (Å²) in [6.07, 6.45) is 3.51. The third-order valence-electron chi connectivity index (χ3n) is 1.13. The van der Waals surface area contributed by atoms with Gasteiger partial charge in [-0.1, -0.05) is 19.9 Å². The molecule has 0 radical (unpaired) electrons. The molecule has 0 saturated carbocycles. The zero-order valence-electron chi connectivity index (χ0n) is 7.44. The highest BCUT2D eigenvalue weighted by Gasteiger charge is 1.89. The lowest BCUT2D eigenvalue weighted by atomic mass is 10.5. The van der Waals surface area contributed by atoms with E-state index in [1.54, 1.807) is 11.0 Å². The van der Waals surface area contributed by atoms with Gasteiger partial charge in [0.25, 0.3) is 0 Å². The highest BCUT2D eigenvalue weighted by Crippen LogP contribution is 1.95. The third-order valence-corrected chi connectivity index (χ3v) is 1.13. The van der Waals surface area contributed by atoms with Crippen molar-refractivity contribution in [2.24, 2.45) is 0 Å². The molecule has 0 unspecified atom stereocenters. The molecule has 0 amide bonds. The summed E-state index contributed by atoms with van der Waals surface area (Å²) in [5, 5.41) is 10.6. The minimum absolute atomic E-state index is 1.03. The zero-order chi connectivity index (χ0) is 8.69. The Kier molecular flexibility index (Phi) is 4.98. The van der Waals surface area contributed by atoms with Gasteiger partial charge < -0.3 is 0 Å². The van der Waals surface area contributed by atoms with Gasteiger partial charge in [-0.3, -0.25) is 0 Å². The lowest BCUT2D eigenvalue weighted by Gasteiger charge is -1.92. The van der Waals surface area contributed by atoms with E-state index in [0.29, 0.717) is 0 Å². The molecule has 0 aliphatic rings. The van der Waals surface area contributed by atoms with Gasteiger partial charge in [0.2, 0.25) is 0 Å². The Bertz CT molecular complexity index is 200. The Morgan fingerprint density at radius 3 is 2.45 bits per heavy atom. The second-order valence-corrected chi connectivity index (χ2v) is 1.68. The van der Waals surface area contributed by atoms with Gasteiger partial charge in [0.05, 0.1) is 0 Å². The maximum atomic E-state index is 3.67. The molecule has 0 fully saturated rings. The Hall–Kier alpha value is -1.19. The first-order valence-electron chi connectivity index (χ1n) is 3.71. The van der Waals surface area contributed by atoms with Crippen molar-refractivity contribution >= 4 is 5.70 Å². The monoisotopic (exact) mass is 154 g/mol. The average Bonchev–Trinajstić information content (AvgIpc) is 2.59. The number of hydrogen-bond donors (Lipinski definition) is 0. The molecule has 0 aromatic carbocycles. The Morgan fingerprint density at radius 2 is 2.09 bits per heavy atom. The minimum Gasteiger partial charge on any atom is -0.205 e. The predicted octanol–water partition coefficient (Wildman–Crippen LogP) is 1.58. The molecule has 0 aliphatic carbocycles. The van der Waals surface area contributed by atoms with Gasteiger partial charge in [-0.05, 0) is 24.3 Å². The molecule has 1 aromatic heterocycles. The van der Waals surface area contributed by atoms with Crippen LogP contribution in [0.3, 0.4) is 0 Å². The first-order chi connectivity index (χ1) is 5.34. The molecular formula is C7H14N4. The van der Waals surface area contributed by atoms with Gasteiger partial charge in [-0.15, -0.1) is 5.10 Å². The van der Waals surface area contributed by atoms with Gasteiger partial charge in [-0.25, -0.2) is 4.68 Å². The molecule has 62 valence electrons. The number of hydrogen-bond acceptors (Lipinski definition) is 3. The highest BCUT2D eigenvalue weighted by molar-refractivity contribution is 5.38. The fourth-order valence-electron chi connectivity index (χ4n) is 0.455. The van der Waals surface area contributed by atoms with Gasteiger partial charge in [0.1, 0.15) is 6.33 Å². The van der Waals surface area contributed by atoms with E-state index in [-0.39, 0.29) is 0 Å². The second-order valence-electron chi connectivity index (χ2n) is 1.68. The van der Waals surface area contributed by atoms with Gasteiger partial charge in [0, 0.05) is 5.70 Å². The standard InChI is InChI=1S/C5H8N4.C2H6/c1-3-5(2)9-4-6-7-8-9;1-2/h3-4H,1-2H3;1-2H3/b5-3+;. The highest BCUT2D eigenvalue weighted by atomic mass is 15.5. The lowest BCUT2D eigenvalue weighted by Crippen LogP contribution is -1.92. The number of nitrogens with zero attached hydrogens (tertiary/aromatic N) is 4. The molecular weight excluding hydrogens is 140 g/mol. The Labute approximate surface area is 66.9 Å². The molecule has 1 heterocycles. The van der Waals surface area contributed by atoms with Crippen LogP contribution >= 0.6 is 0 Å². The van der Waals surface area contributed by atoms with Gasteiger partial charge >= 0.3 is 0 Å². The van der Waals surface area contributed by atoms with Crippen molar-refractivity contribution in [3.05, 3.63) is 12.4 Å². The van der Waals surface area contributed by atoms with Crippen LogP contribution in [0.2, 0.25) is 0 Å². The summed E-state index contributed by atoms with van der Waals surface area (Å²) >= 11 is 0. The van der Waals surface area contributed by atoms with E-state index >= 15 is 0 Å². The second kappa shape index (κ2) is 5.58. The van der Waals surface area contributed by atoms with Gasteiger partial charge in [-0.2, -0.15) is 0 Å². The Balaban J connectivity index is 0.000000461. The fraction of sp³-hybridized carbons (Fsp3) is 0.571. The first kappa shape index (κ1) is 9.81. The first-order valence-corrected chi connectivity index (χ1v) is 3.71. The van der Waals surface area contributed by atoms with E-state index < -0.39 is 0 Å². The zero-order valence-corrected chi connectivity index (χ0v) is 7.44. The van der Waals surface area contributed by atoms with Crippen LogP contribution in [-0.4, -0.2) is 20.2 Å². The van der Waals surface area contributed by atoms with Crippen molar-refractivity contribution < 1.29 is 0 Å². The summed E-state index contributed by atoms with van der Waals surface area (Å²) in [4.78, 5) is 0. The quantitative estimate of drug-likeness (QED) is 0.616. The van der Waals surface area contributed by atoms with Crippen LogP contribution in [0.5, 0.6) is 0 Å². The summed E-state index contributed by atoms with van der Waals surface area (Å²) < 4.78 is 1.61. The van der Waals surface area contributed by atoms with E-state index in [9.17, 15) is 0 Å². The molecule has 4 nitrogen and oxygen atoms in total.